The van der Waals surface area contributed by atoms with Crippen molar-refractivity contribution in [2.45, 2.75) is 24.2 Å². The zero-order chi connectivity index (χ0) is 22.5. The molecule has 168 valence electrons. The molecule has 2 aliphatic rings. The van der Waals surface area contributed by atoms with Crippen LogP contribution in [0.1, 0.15) is 29.6 Å². The second-order valence-corrected chi connectivity index (χ2v) is 9.10. The molecule has 2 aromatic rings. The molecule has 4 amide bonds. The fraction of sp³-hybridized carbons (Fsp3) is 0.348. The summed E-state index contributed by atoms with van der Waals surface area (Å²) in [5.74, 6) is 0.314. The largest absolute Gasteiger partial charge is 0.338 e. The van der Waals surface area contributed by atoms with Gasteiger partial charge in [0.05, 0.1) is 5.69 Å². The molecule has 4 rings (SSSR count). The van der Waals surface area contributed by atoms with Gasteiger partial charge in [-0.2, -0.15) is 0 Å². The van der Waals surface area contributed by atoms with Gasteiger partial charge in [0.15, 0.2) is 0 Å². The Kier molecular flexibility index (Phi) is 6.94. The van der Waals surface area contributed by atoms with Gasteiger partial charge in [-0.25, -0.2) is 9.18 Å². The van der Waals surface area contributed by atoms with Gasteiger partial charge < -0.3 is 20.9 Å². The Bertz CT molecular complexity index is 1030. The summed E-state index contributed by atoms with van der Waals surface area (Å²) in [5, 5.41) is 8.30. The Balaban J connectivity index is 1.33. The van der Waals surface area contributed by atoms with Crippen molar-refractivity contribution in [3.63, 3.8) is 0 Å². The van der Waals surface area contributed by atoms with E-state index in [-0.39, 0.29) is 17.7 Å². The van der Waals surface area contributed by atoms with Crippen LogP contribution in [0.2, 0.25) is 0 Å². The average Bonchev–Trinajstić information content (AvgIpc) is 2.97. The number of hydrogen-bond acceptors (Lipinski definition) is 4. The maximum Gasteiger partial charge on any atom is 0.319 e. The number of amides is 4. The van der Waals surface area contributed by atoms with E-state index in [2.05, 4.69) is 16.0 Å². The third kappa shape index (κ3) is 5.59. The number of benzene rings is 2. The van der Waals surface area contributed by atoms with Crippen LogP contribution in [-0.4, -0.2) is 48.1 Å². The molecule has 1 unspecified atom stereocenters. The maximum absolute atomic E-state index is 13.3. The molecule has 32 heavy (non-hydrogen) atoms. The van der Waals surface area contributed by atoms with E-state index >= 15 is 0 Å². The molecule has 3 N–H and O–H groups in total. The number of urea groups is 1. The van der Waals surface area contributed by atoms with Crippen LogP contribution in [0.25, 0.3) is 0 Å². The molecule has 9 heteroatoms. The van der Waals surface area contributed by atoms with E-state index in [9.17, 15) is 18.8 Å². The van der Waals surface area contributed by atoms with Gasteiger partial charge in [0, 0.05) is 48.0 Å². The summed E-state index contributed by atoms with van der Waals surface area (Å²) >= 11 is 1.61. The van der Waals surface area contributed by atoms with Crippen molar-refractivity contribution in [1.82, 2.24) is 10.2 Å². The Hall–Kier alpha value is -3.07. The van der Waals surface area contributed by atoms with Crippen molar-refractivity contribution in [3.8, 4) is 0 Å². The number of piperidine rings is 1. The first-order valence-electron chi connectivity index (χ1n) is 10.6. The SMILES string of the molecule is O=C1CCSc2ccc(C(=O)N3CCCC(CNC(=O)Nc4cccc(F)c4)C3)cc2N1. The molecule has 0 aliphatic carbocycles. The lowest BCUT2D eigenvalue weighted by Gasteiger charge is -2.33. The number of halogens is 1. The average molecular weight is 457 g/mol. The van der Waals surface area contributed by atoms with Gasteiger partial charge in [0.2, 0.25) is 5.91 Å². The molecule has 0 bridgehead atoms. The number of carbonyl (C=O) groups excluding carboxylic acids is 3. The summed E-state index contributed by atoms with van der Waals surface area (Å²) in [7, 11) is 0. The van der Waals surface area contributed by atoms with Gasteiger partial charge >= 0.3 is 6.03 Å². The maximum atomic E-state index is 13.3. The van der Waals surface area contributed by atoms with Gasteiger partial charge in [-0.15, -0.1) is 11.8 Å². The highest BCUT2D eigenvalue weighted by atomic mass is 32.2. The number of hydrogen-bond donors (Lipinski definition) is 3. The van der Waals surface area contributed by atoms with E-state index in [0.29, 0.717) is 43.0 Å². The van der Waals surface area contributed by atoms with Crippen LogP contribution >= 0.6 is 11.8 Å². The standard InChI is InChI=1S/C23H25FN4O3S/c24-17-4-1-5-18(12-17)26-23(31)25-13-15-3-2-9-28(14-15)22(30)16-6-7-20-19(11-16)27-21(29)8-10-32-20/h1,4-7,11-12,15H,2-3,8-10,13-14H2,(H,27,29)(H2,25,26,31). The van der Waals surface area contributed by atoms with E-state index in [1.807, 2.05) is 6.07 Å². The smallest absolute Gasteiger partial charge is 0.319 e. The lowest BCUT2D eigenvalue weighted by molar-refractivity contribution is -0.115. The summed E-state index contributed by atoms with van der Waals surface area (Å²) < 4.78 is 13.3. The lowest BCUT2D eigenvalue weighted by Crippen LogP contribution is -2.44. The van der Waals surface area contributed by atoms with Crippen molar-refractivity contribution in [2.75, 3.05) is 36.0 Å². The minimum atomic E-state index is -0.416. The first kappa shape index (κ1) is 22.1. The van der Waals surface area contributed by atoms with Crippen LogP contribution in [0.3, 0.4) is 0 Å². The summed E-state index contributed by atoms with van der Waals surface area (Å²) in [6.07, 6.45) is 2.21. The molecule has 0 spiro atoms. The van der Waals surface area contributed by atoms with Gasteiger partial charge in [-0.05, 0) is 55.2 Å². The van der Waals surface area contributed by atoms with Crippen LogP contribution in [0, 0.1) is 11.7 Å². The number of nitrogens with zero attached hydrogens (tertiary/aromatic N) is 1. The van der Waals surface area contributed by atoms with Crippen molar-refractivity contribution < 1.29 is 18.8 Å². The second kappa shape index (κ2) is 10.0. The summed E-state index contributed by atoms with van der Waals surface area (Å²) in [5.41, 5.74) is 1.62. The highest BCUT2D eigenvalue weighted by molar-refractivity contribution is 7.99. The molecule has 1 saturated heterocycles. The number of rotatable bonds is 4. The third-order valence-corrected chi connectivity index (χ3v) is 6.60. The topological polar surface area (TPSA) is 90.5 Å². The normalized spacial score (nSPS) is 18.2. The highest BCUT2D eigenvalue weighted by Crippen LogP contribution is 2.32. The lowest BCUT2D eigenvalue weighted by atomic mass is 9.97. The molecule has 7 nitrogen and oxygen atoms in total. The van der Waals surface area contributed by atoms with E-state index in [1.165, 1.54) is 18.2 Å². The van der Waals surface area contributed by atoms with Crippen molar-refractivity contribution in [1.29, 1.82) is 0 Å². The van der Waals surface area contributed by atoms with Crippen molar-refractivity contribution >= 4 is 41.0 Å². The van der Waals surface area contributed by atoms with Crippen LogP contribution in [0.4, 0.5) is 20.6 Å². The summed E-state index contributed by atoms with van der Waals surface area (Å²) in [4.78, 5) is 39.8. The minimum absolute atomic E-state index is 0.0403. The summed E-state index contributed by atoms with van der Waals surface area (Å²) in [6, 6.07) is 10.8. The number of likely N-dealkylation sites (tertiary alicyclic amines) is 1. The van der Waals surface area contributed by atoms with Crippen molar-refractivity contribution in [3.05, 3.63) is 53.8 Å². The minimum Gasteiger partial charge on any atom is -0.338 e. The van der Waals surface area contributed by atoms with E-state index in [4.69, 9.17) is 0 Å². The zero-order valence-electron chi connectivity index (χ0n) is 17.5. The fourth-order valence-electron chi connectivity index (χ4n) is 3.93. The molecule has 0 saturated carbocycles. The number of fused-ring (bicyclic) bond motifs is 1. The Labute approximate surface area is 190 Å². The Morgan fingerprint density at radius 3 is 2.94 bits per heavy atom. The fourth-order valence-corrected chi connectivity index (χ4v) is 4.87. The number of nitrogens with one attached hydrogen (secondary N) is 3. The molecule has 2 aromatic carbocycles. The molecule has 2 heterocycles. The first-order chi connectivity index (χ1) is 15.5. The monoisotopic (exact) mass is 456 g/mol. The number of anilines is 2. The van der Waals surface area contributed by atoms with E-state index < -0.39 is 11.8 Å². The molecule has 1 fully saturated rings. The predicted molar refractivity (Wildman–Crippen MR) is 122 cm³/mol. The Morgan fingerprint density at radius 2 is 2.09 bits per heavy atom. The molecule has 1 atom stereocenters. The Morgan fingerprint density at radius 1 is 1.22 bits per heavy atom. The van der Waals surface area contributed by atoms with Crippen LogP contribution in [0.15, 0.2) is 47.4 Å². The first-order valence-corrected chi connectivity index (χ1v) is 11.6. The molecule has 2 aliphatic heterocycles. The van der Waals surface area contributed by atoms with Gasteiger partial charge in [0.1, 0.15) is 5.82 Å². The molecule has 0 radical (unpaired) electrons. The zero-order valence-corrected chi connectivity index (χ0v) is 18.3. The van der Waals surface area contributed by atoms with Gasteiger partial charge in [0.25, 0.3) is 5.91 Å². The van der Waals surface area contributed by atoms with Crippen LogP contribution < -0.4 is 16.0 Å². The van der Waals surface area contributed by atoms with Crippen LogP contribution in [0.5, 0.6) is 0 Å². The highest BCUT2D eigenvalue weighted by Gasteiger charge is 2.26. The molecular formula is C23H25FN4O3S. The van der Waals surface area contributed by atoms with Crippen molar-refractivity contribution in [2.24, 2.45) is 5.92 Å². The number of thioether (sulfide) groups is 1. The molecular weight excluding hydrogens is 431 g/mol. The van der Waals surface area contributed by atoms with Gasteiger partial charge in [-0.1, -0.05) is 6.07 Å². The number of carbonyl (C=O) groups is 3. The van der Waals surface area contributed by atoms with Crippen LogP contribution in [-0.2, 0) is 4.79 Å². The van der Waals surface area contributed by atoms with E-state index in [1.54, 1.807) is 34.9 Å². The second-order valence-electron chi connectivity index (χ2n) is 7.96. The van der Waals surface area contributed by atoms with Gasteiger partial charge in [-0.3, -0.25) is 9.59 Å². The molecule has 0 aromatic heterocycles. The van der Waals surface area contributed by atoms with E-state index in [0.717, 1.165) is 23.5 Å². The predicted octanol–water partition coefficient (Wildman–Crippen LogP) is 3.93. The third-order valence-electron chi connectivity index (χ3n) is 5.53. The quantitative estimate of drug-likeness (QED) is 0.650. The summed E-state index contributed by atoms with van der Waals surface area (Å²) in [6.45, 7) is 1.61.